The van der Waals surface area contributed by atoms with Crippen LogP contribution in [0.5, 0.6) is 11.5 Å². The number of hydrogen-bond acceptors (Lipinski definition) is 10. The van der Waals surface area contributed by atoms with E-state index in [4.69, 9.17) is 19.2 Å². The lowest BCUT2D eigenvalue weighted by Crippen LogP contribution is -2.61. The Balaban J connectivity index is 1.23. The van der Waals surface area contributed by atoms with Crippen molar-refractivity contribution in [2.45, 2.75) is 81.9 Å². The first-order valence-electron chi connectivity index (χ1n) is 19.6. The van der Waals surface area contributed by atoms with Gasteiger partial charge in [0.15, 0.2) is 5.60 Å². The maximum atomic E-state index is 15.0. The van der Waals surface area contributed by atoms with Crippen LogP contribution in [-0.4, -0.2) is 84.3 Å². The fourth-order valence-electron chi connectivity index (χ4n) is 7.35. The van der Waals surface area contributed by atoms with Gasteiger partial charge in [-0.2, -0.15) is 0 Å². The number of aromatic nitrogens is 1. The molecule has 310 valence electrons. The van der Waals surface area contributed by atoms with Gasteiger partial charge in [0.25, 0.3) is 11.8 Å². The summed E-state index contributed by atoms with van der Waals surface area (Å²) in [6.45, 7) is 10.5. The van der Waals surface area contributed by atoms with Gasteiger partial charge >= 0.3 is 6.09 Å². The minimum Gasteiger partial charge on any atom is -0.497 e. The molecule has 1 aromatic heterocycles. The lowest BCUT2D eigenvalue weighted by atomic mass is 9.76. The molecule has 14 nitrogen and oxygen atoms in total. The smallest absolute Gasteiger partial charge is 0.412 e. The van der Waals surface area contributed by atoms with Crippen molar-refractivity contribution >= 4 is 50.4 Å². The Morgan fingerprint density at radius 2 is 1.63 bits per heavy atom. The van der Waals surface area contributed by atoms with E-state index in [2.05, 4.69) is 21.9 Å². The molecule has 4 aromatic rings. The summed E-state index contributed by atoms with van der Waals surface area (Å²) in [5, 5.41) is 5.49. The molecule has 1 aliphatic heterocycles. The fraction of sp³-hybridized carbons (Fsp3) is 0.386. The van der Waals surface area contributed by atoms with Crippen LogP contribution in [0.25, 0.3) is 22.2 Å². The predicted molar refractivity (Wildman–Crippen MR) is 222 cm³/mol. The summed E-state index contributed by atoms with van der Waals surface area (Å²) in [5.41, 5.74) is -1.90. The highest BCUT2D eigenvalue weighted by atomic mass is 32.2. The zero-order chi connectivity index (χ0) is 42.3. The van der Waals surface area contributed by atoms with Gasteiger partial charge in [0, 0.05) is 46.5 Å². The summed E-state index contributed by atoms with van der Waals surface area (Å²) in [4.78, 5) is 62.9. The number of nitrogens with one attached hydrogen (secondary N) is 3. The molecule has 3 N–H and O–H groups in total. The highest BCUT2D eigenvalue weighted by molar-refractivity contribution is 7.91. The lowest BCUT2D eigenvalue weighted by molar-refractivity contribution is -0.163. The molecule has 2 saturated carbocycles. The van der Waals surface area contributed by atoms with Crippen LogP contribution in [0.2, 0.25) is 0 Å². The molecule has 0 bridgehead atoms. The molecule has 3 aromatic carbocycles. The van der Waals surface area contributed by atoms with Crippen molar-refractivity contribution in [3.63, 3.8) is 0 Å². The lowest BCUT2D eigenvalue weighted by Gasteiger charge is -2.42. The number of carbonyl (C=O) groups is 4. The van der Waals surface area contributed by atoms with E-state index in [9.17, 15) is 22.8 Å². The molecule has 15 heteroatoms. The van der Waals surface area contributed by atoms with Crippen molar-refractivity contribution in [3.05, 3.63) is 97.6 Å². The summed E-state index contributed by atoms with van der Waals surface area (Å²) in [5.74, 6) is -1.75. The number of anilines is 1. The summed E-state index contributed by atoms with van der Waals surface area (Å²) in [6.07, 6.45) is 0.829. The molecular formula is C44H49N5O9S. The van der Waals surface area contributed by atoms with Gasteiger partial charge in [-0.15, -0.1) is 6.58 Å². The van der Waals surface area contributed by atoms with Gasteiger partial charge in [0.2, 0.25) is 15.9 Å². The number of ether oxygens (including phenoxy) is 3. The number of benzene rings is 3. The average Bonchev–Trinajstić information content (AvgIpc) is 4.14. The van der Waals surface area contributed by atoms with Gasteiger partial charge in [-0.05, 0) is 50.5 Å². The van der Waals surface area contributed by atoms with E-state index in [1.165, 1.54) is 17.9 Å². The van der Waals surface area contributed by atoms with Gasteiger partial charge in [-0.25, -0.2) is 18.2 Å². The Kier molecular flexibility index (Phi) is 10.9. The number of nitrogens with zero attached hydrogens (tertiary/aromatic N) is 2. The number of fused-ring (bicyclic) bond motifs is 1. The summed E-state index contributed by atoms with van der Waals surface area (Å²) in [7, 11) is -2.37. The molecular weight excluding hydrogens is 775 g/mol. The molecule has 2 aliphatic carbocycles. The van der Waals surface area contributed by atoms with Crippen molar-refractivity contribution in [1.82, 2.24) is 19.9 Å². The number of amides is 4. The van der Waals surface area contributed by atoms with Crippen molar-refractivity contribution in [2.75, 3.05) is 19.0 Å². The standard InChI is InChI=1S/C44H49N5O9S/c1-7-28-25-44(28,39(51)48-59(54,55)32-19-20-32)47-38(50)36-23-31(26-49(36)40(52)43(5,42(2,3)4)58-41(53)45-29-16-12-9-13-17-29)57-37-24-34(27-14-10-8-11-15-27)46-35-22-30(56-6)18-21-33(35)37/h7-18,21-22,24,28,31-32,36H,1,19-20,23,25-26H2,2-6H3,(H,45,53)(H,47,50)(H,48,51)/t28-,31-,36+,43+,44-/m1/s1. The summed E-state index contributed by atoms with van der Waals surface area (Å²) >= 11 is 0. The van der Waals surface area contributed by atoms with Crippen LogP contribution in [0.15, 0.2) is 97.6 Å². The monoisotopic (exact) mass is 823 g/mol. The number of sulfonamides is 1. The van der Waals surface area contributed by atoms with Gasteiger partial charge in [-0.1, -0.05) is 75.4 Å². The van der Waals surface area contributed by atoms with E-state index in [-0.39, 0.29) is 19.4 Å². The molecule has 0 spiro atoms. The zero-order valence-corrected chi connectivity index (χ0v) is 34.5. The van der Waals surface area contributed by atoms with Crippen LogP contribution in [0.1, 0.15) is 53.4 Å². The van der Waals surface area contributed by atoms with Crippen LogP contribution >= 0.6 is 0 Å². The number of methoxy groups -OCH3 is 1. The second kappa shape index (κ2) is 15.7. The summed E-state index contributed by atoms with van der Waals surface area (Å²) < 4.78 is 46.0. The van der Waals surface area contributed by atoms with E-state index in [1.807, 2.05) is 36.4 Å². The Labute approximate surface area is 343 Å². The first kappa shape index (κ1) is 41.2. The second-order valence-electron chi connectivity index (χ2n) is 16.5. The number of hydrogen-bond donors (Lipinski definition) is 3. The van der Waals surface area contributed by atoms with Crippen molar-refractivity contribution in [1.29, 1.82) is 0 Å². The van der Waals surface area contributed by atoms with E-state index in [0.717, 1.165) is 5.56 Å². The molecule has 7 rings (SSSR count). The Morgan fingerprint density at radius 1 is 0.949 bits per heavy atom. The van der Waals surface area contributed by atoms with Crippen LogP contribution in [0, 0.1) is 11.3 Å². The van der Waals surface area contributed by atoms with Gasteiger partial charge in [0.1, 0.15) is 29.2 Å². The Bertz CT molecular complexity index is 2400. The number of likely N-dealkylation sites (tertiary alicyclic amines) is 1. The molecule has 5 atom stereocenters. The van der Waals surface area contributed by atoms with Gasteiger partial charge in [0.05, 0.1) is 30.1 Å². The Hall–Kier alpha value is -5.96. The predicted octanol–water partition coefficient (Wildman–Crippen LogP) is 5.98. The SMILES string of the molecule is C=C[C@@H]1C[C@]1(NC(=O)[C@@H]1C[C@@H](Oc2cc(-c3ccccc3)nc3cc(OC)ccc23)CN1C(=O)[C@](C)(OC(=O)Nc1ccccc1)C(C)(C)C)C(=O)NS(=O)(=O)C1CC1. The molecule has 0 unspecified atom stereocenters. The maximum absolute atomic E-state index is 15.0. The molecule has 4 amide bonds. The fourth-order valence-corrected chi connectivity index (χ4v) is 8.72. The quantitative estimate of drug-likeness (QED) is 0.136. The molecule has 3 aliphatic rings. The van der Waals surface area contributed by atoms with Crippen LogP contribution < -0.4 is 24.8 Å². The number of pyridine rings is 1. The number of carbonyl (C=O) groups excluding carboxylic acids is 4. The van der Waals surface area contributed by atoms with Crippen LogP contribution in [0.4, 0.5) is 10.5 Å². The van der Waals surface area contributed by atoms with Gasteiger partial charge in [-0.3, -0.25) is 24.4 Å². The third-order valence-corrected chi connectivity index (χ3v) is 13.4. The first-order chi connectivity index (χ1) is 28.0. The minimum atomic E-state index is -3.94. The first-order valence-corrected chi connectivity index (χ1v) is 21.1. The third kappa shape index (κ3) is 8.33. The van der Waals surface area contributed by atoms with E-state index in [0.29, 0.717) is 46.6 Å². The topological polar surface area (TPSA) is 182 Å². The molecule has 0 radical (unpaired) electrons. The minimum absolute atomic E-state index is 0.0223. The van der Waals surface area contributed by atoms with E-state index < -0.39 is 73.7 Å². The van der Waals surface area contributed by atoms with Crippen molar-refractivity contribution in [3.8, 4) is 22.8 Å². The Morgan fingerprint density at radius 3 is 2.24 bits per heavy atom. The number of rotatable bonds is 13. The highest BCUT2D eigenvalue weighted by Gasteiger charge is 2.62. The molecule has 1 saturated heterocycles. The van der Waals surface area contributed by atoms with Crippen LogP contribution in [-0.2, 0) is 29.1 Å². The second-order valence-corrected chi connectivity index (χ2v) is 18.5. The van der Waals surface area contributed by atoms with Crippen molar-refractivity contribution in [2.24, 2.45) is 11.3 Å². The van der Waals surface area contributed by atoms with Crippen LogP contribution in [0.3, 0.4) is 0 Å². The zero-order valence-electron chi connectivity index (χ0n) is 33.7. The maximum Gasteiger partial charge on any atom is 0.412 e. The molecule has 2 heterocycles. The largest absolute Gasteiger partial charge is 0.497 e. The average molecular weight is 824 g/mol. The normalized spacial score (nSPS) is 22.4. The molecule has 59 heavy (non-hydrogen) atoms. The summed E-state index contributed by atoms with van der Waals surface area (Å²) in [6, 6.07) is 24.2. The van der Waals surface area contributed by atoms with E-state index in [1.54, 1.807) is 76.4 Å². The van der Waals surface area contributed by atoms with Gasteiger partial charge < -0.3 is 24.4 Å². The highest BCUT2D eigenvalue weighted by Crippen LogP contribution is 2.46. The van der Waals surface area contributed by atoms with Crippen molar-refractivity contribution < 1.29 is 41.8 Å². The third-order valence-electron chi connectivity index (χ3n) is 11.6. The number of para-hydroxylation sites is 1. The molecule has 3 fully saturated rings. The van der Waals surface area contributed by atoms with E-state index >= 15 is 4.79 Å².